The molecule has 1 atom stereocenters. The van der Waals surface area contributed by atoms with Crippen LogP contribution in [0.3, 0.4) is 0 Å². The summed E-state index contributed by atoms with van der Waals surface area (Å²) in [7, 11) is 0. The lowest BCUT2D eigenvalue weighted by Gasteiger charge is -2.10. The predicted octanol–water partition coefficient (Wildman–Crippen LogP) is 2.66. The highest BCUT2D eigenvalue weighted by Gasteiger charge is 2.41. The van der Waals surface area contributed by atoms with Crippen LogP contribution in [-0.4, -0.2) is 23.7 Å². The number of hydrogen-bond donors (Lipinski definition) is 0. The molecule has 1 aliphatic rings. The van der Waals surface area contributed by atoms with Gasteiger partial charge in [0.25, 0.3) is 0 Å². The van der Waals surface area contributed by atoms with Crippen LogP contribution in [0.1, 0.15) is 6.92 Å². The fraction of sp³-hybridized carbons (Fsp3) is 0.400. The van der Waals surface area contributed by atoms with E-state index < -0.39 is 16.4 Å². The van der Waals surface area contributed by atoms with Crippen molar-refractivity contribution in [2.24, 2.45) is 0 Å². The molecule has 92 valence electrons. The zero-order chi connectivity index (χ0) is 12.6. The SMILES string of the molecule is CC1(COc2c(Br)cc(F)cc2[N+](=O)[O-])CO1. The monoisotopic (exact) mass is 305 g/mol. The van der Waals surface area contributed by atoms with Crippen LogP contribution < -0.4 is 4.74 Å². The third kappa shape index (κ3) is 2.73. The van der Waals surface area contributed by atoms with E-state index in [1.807, 2.05) is 6.92 Å². The van der Waals surface area contributed by atoms with Gasteiger partial charge in [-0.15, -0.1) is 0 Å². The molecular weight excluding hydrogens is 297 g/mol. The van der Waals surface area contributed by atoms with E-state index in [-0.39, 0.29) is 22.4 Å². The number of nitro benzene ring substituents is 1. The first-order chi connectivity index (χ1) is 7.91. The van der Waals surface area contributed by atoms with Crippen molar-refractivity contribution in [3.8, 4) is 5.75 Å². The highest BCUT2D eigenvalue weighted by Crippen LogP contribution is 2.37. The lowest BCUT2D eigenvalue weighted by atomic mass is 10.2. The van der Waals surface area contributed by atoms with Crippen LogP contribution in [-0.2, 0) is 4.74 Å². The number of halogens is 2. The summed E-state index contributed by atoms with van der Waals surface area (Å²) in [5.41, 5.74) is -0.789. The smallest absolute Gasteiger partial charge is 0.315 e. The van der Waals surface area contributed by atoms with Gasteiger partial charge in [0.1, 0.15) is 18.0 Å². The minimum atomic E-state index is -0.690. The van der Waals surface area contributed by atoms with E-state index in [4.69, 9.17) is 9.47 Å². The van der Waals surface area contributed by atoms with Gasteiger partial charge < -0.3 is 9.47 Å². The van der Waals surface area contributed by atoms with Gasteiger partial charge in [-0.05, 0) is 28.9 Å². The second-order valence-electron chi connectivity index (χ2n) is 4.02. The van der Waals surface area contributed by atoms with E-state index in [0.717, 1.165) is 12.1 Å². The minimum absolute atomic E-state index is 0.0214. The topological polar surface area (TPSA) is 64.9 Å². The fourth-order valence-corrected chi connectivity index (χ4v) is 1.79. The van der Waals surface area contributed by atoms with Crippen molar-refractivity contribution >= 4 is 21.6 Å². The van der Waals surface area contributed by atoms with Crippen molar-refractivity contribution in [3.05, 3.63) is 32.5 Å². The predicted molar refractivity (Wildman–Crippen MR) is 60.6 cm³/mol. The molecule has 1 aromatic rings. The van der Waals surface area contributed by atoms with E-state index >= 15 is 0 Å². The molecule has 0 aliphatic carbocycles. The Labute approximate surface area is 105 Å². The summed E-state index contributed by atoms with van der Waals surface area (Å²) in [6.07, 6.45) is 0. The molecule has 1 saturated heterocycles. The van der Waals surface area contributed by atoms with Crippen LogP contribution in [0.4, 0.5) is 10.1 Å². The van der Waals surface area contributed by atoms with Crippen LogP contribution in [0, 0.1) is 15.9 Å². The molecule has 1 aromatic carbocycles. The summed E-state index contributed by atoms with van der Waals surface area (Å²) in [5.74, 6) is -0.669. The van der Waals surface area contributed by atoms with Crippen LogP contribution in [0.15, 0.2) is 16.6 Å². The van der Waals surface area contributed by atoms with Crippen LogP contribution in [0.25, 0.3) is 0 Å². The lowest BCUT2D eigenvalue weighted by molar-refractivity contribution is -0.386. The Balaban J connectivity index is 2.27. The van der Waals surface area contributed by atoms with Crippen LogP contribution >= 0.6 is 15.9 Å². The number of benzene rings is 1. The number of epoxide rings is 1. The normalized spacial score (nSPS) is 22.3. The largest absolute Gasteiger partial charge is 0.483 e. The minimum Gasteiger partial charge on any atom is -0.483 e. The standard InChI is InChI=1S/C10H9BrFNO4/c1-10(5-17-10)4-16-9-7(11)2-6(12)3-8(9)13(14)15/h2-3H,4-5H2,1H3. The van der Waals surface area contributed by atoms with Gasteiger partial charge in [0.2, 0.25) is 5.75 Å². The quantitative estimate of drug-likeness (QED) is 0.487. The van der Waals surface area contributed by atoms with Gasteiger partial charge in [-0.2, -0.15) is 0 Å². The molecule has 5 nitrogen and oxygen atoms in total. The first-order valence-corrected chi connectivity index (χ1v) is 5.61. The van der Waals surface area contributed by atoms with E-state index in [0.29, 0.717) is 6.61 Å². The molecule has 0 saturated carbocycles. The van der Waals surface area contributed by atoms with Crippen molar-refractivity contribution in [1.82, 2.24) is 0 Å². The molecule has 7 heteroatoms. The van der Waals surface area contributed by atoms with Gasteiger partial charge in [0.05, 0.1) is 22.1 Å². The molecule has 17 heavy (non-hydrogen) atoms. The van der Waals surface area contributed by atoms with Crippen molar-refractivity contribution in [3.63, 3.8) is 0 Å². The van der Waals surface area contributed by atoms with Gasteiger partial charge in [-0.3, -0.25) is 10.1 Å². The van der Waals surface area contributed by atoms with Gasteiger partial charge in [0, 0.05) is 0 Å². The Morgan fingerprint density at radius 1 is 1.71 bits per heavy atom. The van der Waals surface area contributed by atoms with E-state index in [9.17, 15) is 14.5 Å². The van der Waals surface area contributed by atoms with Crippen LogP contribution in [0.5, 0.6) is 5.75 Å². The summed E-state index contributed by atoms with van der Waals surface area (Å²) < 4.78 is 23.7. The number of nitrogens with zero attached hydrogens (tertiary/aromatic N) is 1. The highest BCUT2D eigenvalue weighted by atomic mass is 79.9. The maximum atomic E-state index is 13.0. The average Bonchev–Trinajstić information content (AvgIpc) is 2.94. The maximum absolute atomic E-state index is 13.0. The molecule has 1 aliphatic heterocycles. The Morgan fingerprint density at radius 3 is 2.88 bits per heavy atom. The van der Waals surface area contributed by atoms with Gasteiger partial charge in [-0.25, -0.2) is 4.39 Å². The Hall–Kier alpha value is -1.21. The van der Waals surface area contributed by atoms with Gasteiger partial charge in [-0.1, -0.05) is 0 Å². The molecule has 0 aromatic heterocycles. The average molecular weight is 306 g/mol. The van der Waals surface area contributed by atoms with Crippen molar-refractivity contribution < 1.29 is 18.8 Å². The zero-order valence-corrected chi connectivity index (χ0v) is 10.5. The summed E-state index contributed by atoms with van der Waals surface area (Å²) in [6, 6.07) is 1.95. The summed E-state index contributed by atoms with van der Waals surface area (Å²) in [4.78, 5) is 10.1. The second kappa shape index (κ2) is 4.23. The number of rotatable bonds is 4. The lowest BCUT2D eigenvalue weighted by Crippen LogP contribution is -2.17. The molecule has 0 radical (unpaired) electrons. The Kier molecular flexibility index (Phi) is 3.05. The number of ether oxygens (including phenoxy) is 2. The van der Waals surface area contributed by atoms with Crippen LogP contribution in [0.2, 0.25) is 0 Å². The number of nitro groups is 1. The molecule has 1 unspecified atom stereocenters. The first kappa shape index (κ1) is 12.3. The molecule has 0 N–H and O–H groups in total. The third-order valence-corrected chi connectivity index (χ3v) is 2.93. The van der Waals surface area contributed by atoms with Gasteiger partial charge >= 0.3 is 5.69 Å². The Morgan fingerprint density at radius 2 is 2.35 bits per heavy atom. The number of hydrogen-bond acceptors (Lipinski definition) is 4. The summed E-state index contributed by atoms with van der Waals surface area (Å²) >= 11 is 3.04. The maximum Gasteiger partial charge on any atom is 0.315 e. The van der Waals surface area contributed by atoms with E-state index in [1.165, 1.54) is 0 Å². The zero-order valence-electron chi connectivity index (χ0n) is 8.91. The fourth-order valence-electron chi connectivity index (χ4n) is 1.26. The Bertz CT molecular complexity index is 476. The molecule has 1 heterocycles. The molecule has 2 rings (SSSR count). The molecule has 0 bridgehead atoms. The first-order valence-electron chi connectivity index (χ1n) is 4.81. The van der Waals surface area contributed by atoms with Crippen molar-refractivity contribution in [2.45, 2.75) is 12.5 Å². The van der Waals surface area contributed by atoms with E-state index in [2.05, 4.69) is 15.9 Å². The van der Waals surface area contributed by atoms with Crippen molar-refractivity contribution in [1.29, 1.82) is 0 Å². The molecule has 0 spiro atoms. The second-order valence-corrected chi connectivity index (χ2v) is 4.87. The molecular formula is C10H9BrFNO4. The third-order valence-electron chi connectivity index (χ3n) is 2.34. The molecule has 0 amide bonds. The molecule has 1 fully saturated rings. The highest BCUT2D eigenvalue weighted by molar-refractivity contribution is 9.10. The summed E-state index contributed by atoms with van der Waals surface area (Å²) in [5, 5.41) is 10.8. The van der Waals surface area contributed by atoms with E-state index in [1.54, 1.807) is 0 Å². The van der Waals surface area contributed by atoms with Crippen molar-refractivity contribution in [2.75, 3.05) is 13.2 Å². The summed E-state index contributed by atoms with van der Waals surface area (Å²) in [6.45, 7) is 2.58. The van der Waals surface area contributed by atoms with Gasteiger partial charge in [0.15, 0.2) is 0 Å².